The van der Waals surface area contributed by atoms with Crippen LogP contribution in [0.2, 0.25) is 0 Å². The van der Waals surface area contributed by atoms with Gasteiger partial charge in [0.1, 0.15) is 18.3 Å². The molecule has 0 saturated heterocycles. The highest BCUT2D eigenvalue weighted by Gasteiger charge is 2.28. The Labute approximate surface area is 144 Å². The van der Waals surface area contributed by atoms with Crippen molar-refractivity contribution in [1.82, 2.24) is 5.32 Å². The molecule has 0 spiro atoms. The third-order valence-corrected chi connectivity index (χ3v) is 5.62. The third-order valence-electron chi connectivity index (χ3n) is 3.23. The Morgan fingerprint density at radius 3 is 2.36 bits per heavy atom. The Kier molecular flexibility index (Phi) is 8.10. The molecule has 0 radical (unpaired) electrons. The lowest BCUT2D eigenvalue weighted by molar-refractivity contribution is -0.138. The summed E-state index contributed by atoms with van der Waals surface area (Å²) >= 11 is 0. The van der Waals surface area contributed by atoms with E-state index in [9.17, 15) is 18.9 Å². The molecular formula is C15H21N2O7P. The molecule has 1 aromatic rings. The van der Waals surface area contributed by atoms with E-state index < -0.39 is 37.8 Å². The second-order valence-corrected chi connectivity index (χ2v) is 8.03. The Balaban J connectivity index is 2.72. The molecule has 138 valence electrons. The predicted molar refractivity (Wildman–Crippen MR) is 89.9 cm³/mol. The summed E-state index contributed by atoms with van der Waals surface area (Å²) in [6.45, 7) is -0.535. The van der Waals surface area contributed by atoms with Crippen LogP contribution in [-0.2, 0) is 18.9 Å². The smallest absolute Gasteiger partial charge is 0.322 e. The maximum atomic E-state index is 13.0. The molecule has 0 saturated carbocycles. The van der Waals surface area contributed by atoms with E-state index in [4.69, 9.17) is 20.5 Å². The molecule has 0 fully saturated rings. The van der Waals surface area contributed by atoms with E-state index in [-0.39, 0.29) is 25.2 Å². The molecule has 25 heavy (non-hydrogen) atoms. The van der Waals surface area contributed by atoms with Crippen molar-refractivity contribution in [2.24, 2.45) is 5.73 Å². The molecular weight excluding hydrogens is 351 g/mol. The van der Waals surface area contributed by atoms with Crippen LogP contribution in [0.25, 0.3) is 0 Å². The molecule has 0 heterocycles. The predicted octanol–water partition coefficient (Wildman–Crippen LogP) is 0.736. The highest BCUT2D eigenvalue weighted by Crippen LogP contribution is 2.48. The van der Waals surface area contributed by atoms with Gasteiger partial charge in [0, 0.05) is 18.7 Å². The molecule has 0 bridgehead atoms. The number of nitrogens with two attached hydrogens (primary N) is 1. The van der Waals surface area contributed by atoms with Gasteiger partial charge in [-0.05, 0) is 18.6 Å². The summed E-state index contributed by atoms with van der Waals surface area (Å²) in [5, 5.41) is 19.5. The van der Waals surface area contributed by atoms with Crippen molar-refractivity contribution in [1.29, 1.82) is 0 Å². The van der Waals surface area contributed by atoms with Gasteiger partial charge < -0.3 is 25.8 Å². The first kappa shape index (κ1) is 20.7. The van der Waals surface area contributed by atoms with Crippen molar-refractivity contribution in [3.8, 4) is 5.75 Å². The minimum absolute atomic E-state index is 0.0732. The first-order chi connectivity index (χ1) is 11.7. The van der Waals surface area contributed by atoms with Crippen LogP contribution in [0.1, 0.15) is 12.8 Å². The monoisotopic (exact) mass is 372 g/mol. The van der Waals surface area contributed by atoms with Crippen molar-refractivity contribution >= 4 is 25.2 Å². The number of nitrogens with one attached hydrogen (secondary N) is 1. The lowest BCUT2D eigenvalue weighted by Crippen LogP contribution is -2.32. The summed E-state index contributed by atoms with van der Waals surface area (Å²) in [4.78, 5) is 32.9. The Hall–Kier alpha value is -2.38. The molecule has 1 amide bonds. The maximum Gasteiger partial charge on any atom is 0.322 e. The fourth-order valence-corrected chi connectivity index (χ4v) is 4.00. The zero-order valence-corrected chi connectivity index (χ0v) is 14.4. The number of carbonyl (C=O) groups is 3. The number of carboxylic acids is 2. The van der Waals surface area contributed by atoms with E-state index in [1.54, 1.807) is 30.3 Å². The van der Waals surface area contributed by atoms with Crippen molar-refractivity contribution in [2.45, 2.75) is 18.9 Å². The van der Waals surface area contributed by atoms with Gasteiger partial charge in [-0.2, -0.15) is 0 Å². The number of aliphatic carboxylic acids is 2. The van der Waals surface area contributed by atoms with Crippen molar-refractivity contribution < 1.29 is 33.7 Å². The van der Waals surface area contributed by atoms with Crippen LogP contribution in [-0.4, -0.2) is 53.0 Å². The largest absolute Gasteiger partial charge is 0.480 e. The topological polar surface area (TPSA) is 156 Å². The van der Waals surface area contributed by atoms with Gasteiger partial charge in [-0.3, -0.25) is 18.9 Å². The van der Waals surface area contributed by atoms with Gasteiger partial charge in [-0.1, -0.05) is 18.2 Å². The zero-order valence-electron chi connectivity index (χ0n) is 13.5. The van der Waals surface area contributed by atoms with Gasteiger partial charge in [0.05, 0.1) is 0 Å². The quantitative estimate of drug-likeness (QED) is 0.414. The second-order valence-electron chi connectivity index (χ2n) is 5.32. The van der Waals surface area contributed by atoms with Crippen LogP contribution in [0.4, 0.5) is 0 Å². The van der Waals surface area contributed by atoms with Gasteiger partial charge in [0.15, 0.2) is 0 Å². The van der Waals surface area contributed by atoms with Gasteiger partial charge >= 0.3 is 11.9 Å². The number of amides is 1. The molecule has 1 rings (SSSR count). The first-order valence-corrected chi connectivity index (χ1v) is 9.51. The summed E-state index contributed by atoms with van der Waals surface area (Å²) < 4.78 is 18.5. The van der Waals surface area contributed by atoms with E-state index >= 15 is 0 Å². The van der Waals surface area contributed by atoms with E-state index in [1.165, 1.54) is 0 Å². The minimum Gasteiger partial charge on any atom is -0.480 e. The summed E-state index contributed by atoms with van der Waals surface area (Å²) in [5.74, 6) is -2.66. The molecule has 0 aliphatic carbocycles. The molecule has 0 aliphatic rings. The third kappa shape index (κ3) is 8.32. The normalized spacial score (nSPS) is 14.1. The van der Waals surface area contributed by atoms with Gasteiger partial charge in [0.25, 0.3) is 0 Å². The molecule has 1 aromatic carbocycles. The molecule has 0 aromatic heterocycles. The summed E-state index contributed by atoms with van der Waals surface area (Å²) in [5.41, 5.74) is 5.43. The highest BCUT2D eigenvalue weighted by molar-refractivity contribution is 7.59. The fraction of sp³-hybridized carbons (Fsp3) is 0.400. The van der Waals surface area contributed by atoms with Gasteiger partial charge in [0.2, 0.25) is 13.3 Å². The summed E-state index contributed by atoms with van der Waals surface area (Å²) in [7, 11) is -3.39. The number of hydrogen-bond donors (Lipinski definition) is 4. The minimum atomic E-state index is -3.39. The van der Waals surface area contributed by atoms with Crippen LogP contribution < -0.4 is 15.6 Å². The Morgan fingerprint density at radius 2 is 1.80 bits per heavy atom. The molecule has 5 N–H and O–H groups in total. The standard InChI is InChI=1S/C15H21N2O7P/c16-12(15(21)22)6-8-25(23,24-11-4-2-1-3-5-11)9-7-13(18)17-10-14(19)20/h1-5,12H,6-10,16H2,(H,17,18)(H,19,20)(H,21,22)/t12-,25?/m0/s1. The molecule has 2 atom stereocenters. The van der Waals surface area contributed by atoms with Gasteiger partial charge in [-0.15, -0.1) is 0 Å². The summed E-state index contributed by atoms with van der Waals surface area (Å²) in [6, 6.07) is 7.11. The van der Waals surface area contributed by atoms with Crippen LogP contribution >= 0.6 is 7.37 Å². The lowest BCUT2D eigenvalue weighted by Gasteiger charge is -2.20. The number of carboxylic acid groups (broad SMARTS) is 2. The molecule has 10 heteroatoms. The van der Waals surface area contributed by atoms with E-state index in [0.29, 0.717) is 5.75 Å². The average molecular weight is 372 g/mol. The number of hydrogen-bond acceptors (Lipinski definition) is 6. The number of benzene rings is 1. The van der Waals surface area contributed by atoms with Crippen LogP contribution in [0, 0.1) is 0 Å². The number of carbonyl (C=O) groups excluding carboxylic acids is 1. The first-order valence-electron chi connectivity index (χ1n) is 7.51. The highest BCUT2D eigenvalue weighted by atomic mass is 31.2. The van der Waals surface area contributed by atoms with E-state index in [2.05, 4.69) is 5.32 Å². The van der Waals surface area contributed by atoms with Crippen molar-refractivity contribution in [2.75, 3.05) is 18.9 Å². The number of para-hydroxylation sites is 1. The second kappa shape index (κ2) is 9.80. The average Bonchev–Trinajstić information content (AvgIpc) is 2.57. The maximum absolute atomic E-state index is 13.0. The van der Waals surface area contributed by atoms with Crippen LogP contribution in [0.15, 0.2) is 30.3 Å². The molecule has 9 nitrogen and oxygen atoms in total. The Morgan fingerprint density at radius 1 is 1.16 bits per heavy atom. The Bertz CT molecular complexity index is 651. The fourth-order valence-electron chi connectivity index (χ4n) is 1.87. The molecule has 1 unspecified atom stereocenters. The van der Waals surface area contributed by atoms with Crippen molar-refractivity contribution in [3.05, 3.63) is 30.3 Å². The van der Waals surface area contributed by atoms with Crippen molar-refractivity contribution in [3.63, 3.8) is 0 Å². The van der Waals surface area contributed by atoms with Crippen LogP contribution in [0.5, 0.6) is 5.75 Å². The van der Waals surface area contributed by atoms with E-state index in [0.717, 1.165) is 0 Å². The lowest BCUT2D eigenvalue weighted by atomic mass is 10.2. The summed E-state index contributed by atoms with van der Waals surface area (Å²) in [6.07, 6.45) is -0.544. The van der Waals surface area contributed by atoms with Crippen LogP contribution in [0.3, 0.4) is 0 Å². The zero-order chi connectivity index (χ0) is 18.9. The van der Waals surface area contributed by atoms with Gasteiger partial charge in [-0.25, -0.2) is 0 Å². The number of rotatable bonds is 11. The van der Waals surface area contributed by atoms with E-state index in [1.807, 2.05) is 0 Å². The molecule has 0 aliphatic heterocycles. The SMILES string of the molecule is N[C@@H](CCP(=O)(CCC(=O)NCC(=O)O)Oc1ccccc1)C(=O)O.